The highest BCUT2D eigenvalue weighted by molar-refractivity contribution is 6.33. The van der Waals surface area contributed by atoms with Crippen molar-refractivity contribution in [3.05, 3.63) is 129 Å². The number of carboxylic acids is 1. The highest BCUT2D eigenvalue weighted by atomic mass is 35.5. The molecule has 314 valence electrons. The first-order valence-electron chi connectivity index (χ1n) is 17.0. The molecule has 0 radical (unpaired) electrons. The van der Waals surface area contributed by atoms with Gasteiger partial charge in [-0.25, -0.2) is 28.6 Å². The Hall–Kier alpha value is -7.20. The summed E-state index contributed by atoms with van der Waals surface area (Å²) in [5.41, 5.74) is -3.05. The zero-order chi connectivity index (χ0) is 44.0. The van der Waals surface area contributed by atoms with E-state index in [1.165, 1.54) is 33.8 Å². The topological polar surface area (TPSA) is 208 Å². The molecule has 0 fully saturated rings. The van der Waals surface area contributed by atoms with Gasteiger partial charge in [-0.15, -0.1) is 0 Å². The number of nitrogens with zero attached hydrogens (tertiary/aromatic N) is 6. The summed E-state index contributed by atoms with van der Waals surface area (Å²) in [7, 11) is 1.08. The van der Waals surface area contributed by atoms with Crippen LogP contribution in [0.1, 0.15) is 64.1 Å². The number of rotatable bonds is 8. The quantitative estimate of drug-likeness (QED) is 0.0994. The first-order chi connectivity index (χ1) is 28.9. The molecule has 8 rings (SSSR count). The molecule has 0 bridgehead atoms. The number of hydrogen-bond acceptors (Lipinski definition) is 11. The number of nitrogens with one attached hydrogen (secondary N) is 2. The van der Waals surface area contributed by atoms with Crippen LogP contribution in [0.4, 0.5) is 26.3 Å². The number of amides is 2. The average Bonchev–Trinajstić information content (AvgIpc) is 4.02. The van der Waals surface area contributed by atoms with E-state index < -0.39 is 79.2 Å². The van der Waals surface area contributed by atoms with Crippen LogP contribution < -0.4 is 10.6 Å². The van der Waals surface area contributed by atoms with Crippen molar-refractivity contribution < 1.29 is 64.2 Å². The number of carbonyl (C=O) groups is 4. The Kier molecular flexibility index (Phi) is 11.1. The maximum absolute atomic E-state index is 13.5. The molecule has 24 heteroatoms. The normalized spacial score (nSPS) is 11.8. The molecule has 3 N–H and O–H groups in total. The summed E-state index contributed by atoms with van der Waals surface area (Å²) in [5.74, 6) is -3.67. The number of carboxylic acid groups (broad SMARTS) is 1. The van der Waals surface area contributed by atoms with E-state index in [2.05, 4.69) is 35.5 Å². The van der Waals surface area contributed by atoms with Crippen LogP contribution in [0.3, 0.4) is 0 Å². The van der Waals surface area contributed by atoms with Crippen LogP contribution in [-0.4, -0.2) is 65.2 Å². The molecular formula is C37H22Cl2F6N8O8. The maximum atomic E-state index is 13.5. The van der Waals surface area contributed by atoms with E-state index in [4.69, 9.17) is 32.0 Å². The molecule has 2 aromatic carbocycles. The zero-order valence-corrected chi connectivity index (χ0v) is 31.9. The first-order valence-corrected chi connectivity index (χ1v) is 17.7. The van der Waals surface area contributed by atoms with Crippen molar-refractivity contribution in [3.63, 3.8) is 0 Å². The van der Waals surface area contributed by atoms with Crippen LogP contribution in [-0.2, 0) is 30.2 Å². The van der Waals surface area contributed by atoms with Gasteiger partial charge in [0.2, 0.25) is 0 Å². The molecule has 16 nitrogen and oxygen atoms in total. The van der Waals surface area contributed by atoms with E-state index in [0.29, 0.717) is 17.4 Å². The summed E-state index contributed by atoms with van der Waals surface area (Å²) >= 11 is 11.5. The number of alkyl halides is 6. The van der Waals surface area contributed by atoms with Gasteiger partial charge in [0.1, 0.15) is 44.9 Å². The molecular weight excluding hydrogens is 869 g/mol. The van der Waals surface area contributed by atoms with Crippen molar-refractivity contribution in [2.75, 3.05) is 7.11 Å². The summed E-state index contributed by atoms with van der Waals surface area (Å²) in [6, 6.07) is 6.87. The lowest BCUT2D eigenvalue weighted by Crippen LogP contribution is -2.22. The summed E-state index contributed by atoms with van der Waals surface area (Å²) in [5, 5.41) is 19.9. The molecule has 2 amide bonds. The monoisotopic (exact) mass is 890 g/mol. The van der Waals surface area contributed by atoms with Crippen LogP contribution in [0.15, 0.2) is 82.4 Å². The standard InChI is InChI=1S/C19H12ClF3N4O4.C18H10ClF3N4O4/c1-30-18(29)11-6-13(20)14(19(21,22)23)10-5-9(31-15(10)11)7-25-17(28)12-8-26-27-4-2-3-24-16(12)27;19-12-5-10(17(28)29)14-9(13(12)18(20,21)22)4-8(30-14)6-24-16(27)11-7-25-26-3-1-2-23-15(11)26/h2-6,8H,7H2,1H3,(H,25,28);1-5,7H,6H2,(H,24,27)(H,28,29). The molecule has 0 atom stereocenters. The second-order valence-electron chi connectivity index (χ2n) is 12.5. The van der Waals surface area contributed by atoms with Crippen LogP contribution in [0.5, 0.6) is 0 Å². The van der Waals surface area contributed by atoms with E-state index in [-0.39, 0.29) is 46.9 Å². The van der Waals surface area contributed by atoms with Crippen LogP contribution in [0.2, 0.25) is 10.0 Å². The Bertz CT molecular complexity index is 3050. The van der Waals surface area contributed by atoms with Crippen molar-refractivity contribution in [2.45, 2.75) is 25.4 Å². The number of aromatic nitrogens is 6. The first kappa shape index (κ1) is 41.9. The van der Waals surface area contributed by atoms with Gasteiger partial charge in [0.05, 0.1) is 53.8 Å². The minimum atomic E-state index is -4.83. The van der Waals surface area contributed by atoms with E-state index in [1.807, 2.05) is 0 Å². The minimum absolute atomic E-state index is 0.0225. The lowest BCUT2D eigenvalue weighted by atomic mass is 10.1. The molecule has 61 heavy (non-hydrogen) atoms. The Morgan fingerprint density at radius 3 is 1.54 bits per heavy atom. The molecule has 0 unspecified atom stereocenters. The third-order valence-corrected chi connectivity index (χ3v) is 9.31. The maximum Gasteiger partial charge on any atom is 0.418 e. The van der Waals surface area contributed by atoms with Gasteiger partial charge in [0.15, 0.2) is 11.3 Å². The van der Waals surface area contributed by atoms with Crippen molar-refractivity contribution >= 4 is 80.2 Å². The smallest absolute Gasteiger partial charge is 0.418 e. The third-order valence-electron chi connectivity index (χ3n) is 8.71. The van der Waals surface area contributed by atoms with Crippen molar-refractivity contribution in [1.29, 1.82) is 0 Å². The SMILES string of the molecule is COC(=O)c1cc(Cl)c(C(F)(F)F)c2cc(CNC(=O)c3cnn4cccnc34)oc12.O=C(O)c1cc(Cl)c(C(F)(F)F)c2cc(CNC(=O)c3cnn4cccnc34)oc12. The number of halogens is 8. The molecule has 0 spiro atoms. The highest BCUT2D eigenvalue weighted by Gasteiger charge is 2.39. The summed E-state index contributed by atoms with van der Waals surface area (Å²) < 4.78 is 98.9. The largest absolute Gasteiger partial charge is 0.478 e. The van der Waals surface area contributed by atoms with Crippen LogP contribution in [0.25, 0.3) is 33.2 Å². The summed E-state index contributed by atoms with van der Waals surface area (Å²) in [4.78, 5) is 56.4. The van der Waals surface area contributed by atoms with Crippen molar-refractivity contribution in [2.24, 2.45) is 0 Å². The molecule has 6 heterocycles. The Morgan fingerprint density at radius 2 is 1.13 bits per heavy atom. The van der Waals surface area contributed by atoms with Crippen LogP contribution in [0, 0.1) is 0 Å². The highest BCUT2D eigenvalue weighted by Crippen LogP contribution is 2.44. The summed E-state index contributed by atoms with van der Waals surface area (Å²) in [6.07, 6.45) is -0.861. The number of esters is 1. The number of methoxy groups -OCH3 is 1. The van der Waals surface area contributed by atoms with Crippen molar-refractivity contribution in [1.82, 2.24) is 39.8 Å². The summed E-state index contributed by atoms with van der Waals surface area (Å²) in [6.45, 7) is -0.557. The number of benzene rings is 2. The van der Waals surface area contributed by atoms with Gasteiger partial charge in [0, 0.05) is 35.6 Å². The number of carbonyl (C=O) groups excluding carboxylic acids is 3. The van der Waals surface area contributed by atoms with E-state index in [1.54, 1.807) is 24.5 Å². The third kappa shape index (κ3) is 8.21. The molecule has 6 aromatic heterocycles. The van der Waals surface area contributed by atoms with E-state index >= 15 is 0 Å². The fourth-order valence-corrected chi connectivity index (χ4v) is 6.75. The number of hydrogen-bond donors (Lipinski definition) is 3. The zero-order valence-electron chi connectivity index (χ0n) is 30.4. The van der Waals surface area contributed by atoms with E-state index in [0.717, 1.165) is 25.3 Å². The van der Waals surface area contributed by atoms with Gasteiger partial charge in [-0.05, 0) is 36.4 Å². The fraction of sp³-hybridized carbons (Fsp3) is 0.135. The fourth-order valence-electron chi connectivity index (χ4n) is 6.11. The lowest BCUT2D eigenvalue weighted by Gasteiger charge is -2.11. The molecule has 8 aromatic rings. The Labute approximate surface area is 344 Å². The second-order valence-corrected chi connectivity index (χ2v) is 13.3. The Morgan fingerprint density at radius 1 is 0.705 bits per heavy atom. The Balaban J connectivity index is 0.000000184. The minimum Gasteiger partial charge on any atom is -0.478 e. The average molecular weight is 892 g/mol. The molecule has 0 saturated heterocycles. The van der Waals surface area contributed by atoms with Crippen molar-refractivity contribution in [3.8, 4) is 0 Å². The molecule has 0 saturated carbocycles. The molecule has 0 aliphatic rings. The van der Waals surface area contributed by atoms with Gasteiger partial charge in [-0.2, -0.15) is 36.5 Å². The lowest BCUT2D eigenvalue weighted by molar-refractivity contribution is -0.137. The van der Waals surface area contributed by atoms with Gasteiger partial charge in [0.25, 0.3) is 11.8 Å². The van der Waals surface area contributed by atoms with Gasteiger partial charge in [-0.1, -0.05) is 23.2 Å². The number of aromatic carboxylic acids is 1. The van der Waals surface area contributed by atoms with Crippen LogP contribution >= 0.6 is 23.2 Å². The number of furan rings is 2. The molecule has 0 aliphatic carbocycles. The number of ether oxygens (including phenoxy) is 1. The second kappa shape index (κ2) is 16.1. The number of fused-ring (bicyclic) bond motifs is 4. The molecule has 0 aliphatic heterocycles. The predicted octanol–water partition coefficient (Wildman–Crippen LogP) is 7.64. The van der Waals surface area contributed by atoms with Gasteiger partial charge < -0.3 is 29.3 Å². The predicted molar refractivity (Wildman–Crippen MR) is 199 cm³/mol. The van der Waals surface area contributed by atoms with Gasteiger partial charge in [-0.3, -0.25) is 9.59 Å². The van der Waals surface area contributed by atoms with Gasteiger partial charge >= 0.3 is 24.3 Å². The van der Waals surface area contributed by atoms with E-state index in [9.17, 15) is 50.6 Å².